The SMILES string of the molecule is O=C(O)c1ccc(-n2ncc(-c3ccc(Cl)nc3)c2O)nc1. The first-order valence-corrected chi connectivity index (χ1v) is 6.52. The number of carboxylic acids is 1. The number of hydrogen-bond donors (Lipinski definition) is 2. The van der Waals surface area contributed by atoms with E-state index in [-0.39, 0.29) is 11.4 Å². The molecule has 3 heterocycles. The van der Waals surface area contributed by atoms with Gasteiger partial charge in [-0.15, -0.1) is 0 Å². The summed E-state index contributed by atoms with van der Waals surface area (Å²) in [7, 11) is 0. The van der Waals surface area contributed by atoms with Gasteiger partial charge in [0.2, 0.25) is 5.88 Å². The molecule has 2 N–H and O–H groups in total. The number of aromatic nitrogens is 4. The highest BCUT2D eigenvalue weighted by Gasteiger charge is 2.14. The van der Waals surface area contributed by atoms with Crippen LogP contribution in [0, 0.1) is 0 Å². The lowest BCUT2D eigenvalue weighted by atomic mass is 10.1. The number of aromatic hydroxyl groups is 1. The lowest BCUT2D eigenvalue weighted by molar-refractivity contribution is 0.0696. The average Bonchev–Trinajstić information content (AvgIpc) is 2.90. The fraction of sp³-hybridized carbons (Fsp3) is 0. The molecule has 0 amide bonds. The number of aromatic carboxylic acids is 1. The molecular formula is C14H9ClN4O3. The van der Waals surface area contributed by atoms with Crippen LogP contribution in [0.15, 0.2) is 42.9 Å². The zero-order valence-electron chi connectivity index (χ0n) is 11.0. The van der Waals surface area contributed by atoms with Crippen LogP contribution in [0.1, 0.15) is 10.4 Å². The first-order chi connectivity index (χ1) is 10.6. The largest absolute Gasteiger partial charge is 0.493 e. The summed E-state index contributed by atoms with van der Waals surface area (Å²) in [5.74, 6) is -0.896. The number of pyridine rings is 2. The minimum absolute atomic E-state index is 0.0533. The standard InChI is InChI=1S/C14H9ClN4O3/c15-11-3-1-8(5-16-11)10-7-18-19(13(10)20)12-4-2-9(6-17-12)14(21)22/h1-7,20H,(H,21,22). The Labute approximate surface area is 129 Å². The Morgan fingerprint density at radius 2 is 1.91 bits per heavy atom. The Morgan fingerprint density at radius 3 is 2.50 bits per heavy atom. The lowest BCUT2D eigenvalue weighted by Crippen LogP contribution is -2.02. The summed E-state index contributed by atoms with van der Waals surface area (Å²) in [6, 6.07) is 6.15. The monoisotopic (exact) mass is 316 g/mol. The predicted octanol–water partition coefficient (Wildman–Crippen LogP) is 2.39. The van der Waals surface area contributed by atoms with Crippen LogP contribution in [0.2, 0.25) is 5.15 Å². The fourth-order valence-electron chi connectivity index (χ4n) is 1.89. The van der Waals surface area contributed by atoms with Gasteiger partial charge in [0.15, 0.2) is 5.82 Å². The molecule has 0 fully saturated rings. The topological polar surface area (TPSA) is 101 Å². The van der Waals surface area contributed by atoms with Crippen molar-refractivity contribution >= 4 is 17.6 Å². The molecule has 7 nitrogen and oxygen atoms in total. The zero-order chi connectivity index (χ0) is 15.7. The molecule has 0 saturated heterocycles. The molecule has 22 heavy (non-hydrogen) atoms. The highest BCUT2D eigenvalue weighted by atomic mass is 35.5. The van der Waals surface area contributed by atoms with Crippen LogP contribution in [0.4, 0.5) is 0 Å². The number of hydrogen-bond acceptors (Lipinski definition) is 5. The molecular weight excluding hydrogens is 308 g/mol. The van der Waals surface area contributed by atoms with E-state index < -0.39 is 5.97 Å². The molecule has 0 aromatic carbocycles. The van der Waals surface area contributed by atoms with Crippen LogP contribution in [0.3, 0.4) is 0 Å². The van der Waals surface area contributed by atoms with Crippen LogP contribution in [-0.4, -0.2) is 35.9 Å². The number of carbonyl (C=O) groups is 1. The van der Waals surface area contributed by atoms with E-state index in [0.717, 1.165) is 0 Å². The van der Waals surface area contributed by atoms with Crippen molar-refractivity contribution in [3.8, 4) is 22.8 Å². The highest BCUT2D eigenvalue weighted by molar-refractivity contribution is 6.29. The third kappa shape index (κ3) is 2.49. The van der Waals surface area contributed by atoms with Gasteiger partial charge in [-0.25, -0.2) is 14.8 Å². The van der Waals surface area contributed by atoms with Gasteiger partial charge in [0.1, 0.15) is 5.15 Å². The Bertz CT molecular complexity index is 828. The van der Waals surface area contributed by atoms with Gasteiger partial charge >= 0.3 is 5.97 Å². The summed E-state index contributed by atoms with van der Waals surface area (Å²) in [6.45, 7) is 0. The van der Waals surface area contributed by atoms with Crippen molar-refractivity contribution in [3.63, 3.8) is 0 Å². The van der Waals surface area contributed by atoms with Crippen LogP contribution in [-0.2, 0) is 0 Å². The van der Waals surface area contributed by atoms with Crippen LogP contribution in [0.5, 0.6) is 5.88 Å². The summed E-state index contributed by atoms with van der Waals surface area (Å²) in [5, 5.41) is 23.5. The first kappa shape index (κ1) is 14.0. The van der Waals surface area contributed by atoms with Gasteiger partial charge < -0.3 is 10.2 Å². The van der Waals surface area contributed by atoms with Gasteiger partial charge in [0, 0.05) is 18.0 Å². The minimum atomic E-state index is -1.07. The van der Waals surface area contributed by atoms with Gasteiger partial charge in [0.05, 0.1) is 17.3 Å². The van der Waals surface area contributed by atoms with E-state index in [1.165, 1.54) is 35.4 Å². The number of carboxylic acid groups (broad SMARTS) is 1. The molecule has 0 aliphatic heterocycles. The van der Waals surface area contributed by atoms with E-state index in [2.05, 4.69) is 15.1 Å². The second-order valence-electron chi connectivity index (χ2n) is 4.37. The molecule has 0 unspecified atom stereocenters. The molecule has 110 valence electrons. The normalized spacial score (nSPS) is 10.6. The van der Waals surface area contributed by atoms with Crippen molar-refractivity contribution in [2.45, 2.75) is 0 Å². The highest BCUT2D eigenvalue weighted by Crippen LogP contribution is 2.30. The second kappa shape index (κ2) is 5.45. The zero-order valence-corrected chi connectivity index (χ0v) is 11.8. The van der Waals surface area contributed by atoms with E-state index in [4.69, 9.17) is 16.7 Å². The maximum atomic E-state index is 10.8. The van der Waals surface area contributed by atoms with Gasteiger partial charge in [-0.05, 0) is 24.3 Å². The van der Waals surface area contributed by atoms with Crippen LogP contribution < -0.4 is 0 Å². The third-order valence-corrected chi connectivity index (χ3v) is 3.22. The summed E-state index contributed by atoms with van der Waals surface area (Å²) in [4.78, 5) is 18.7. The number of rotatable bonds is 3. The van der Waals surface area contributed by atoms with Crippen molar-refractivity contribution in [2.24, 2.45) is 0 Å². The second-order valence-corrected chi connectivity index (χ2v) is 4.76. The summed E-state index contributed by atoms with van der Waals surface area (Å²) < 4.78 is 1.20. The predicted molar refractivity (Wildman–Crippen MR) is 78.2 cm³/mol. The van der Waals surface area contributed by atoms with Gasteiger partial charge in [-0.2, -0.15) is 9.78 Å². The average molecular weight is 317 g/mol. The fourth-order valence-corrected chi connectivity index (χ4v) is 2.00. The third-order valence-electron chi connectivity index (χ3n) is 2.99. The molecule has 0 radical (unpaired) electrons. The van der Waals surface area contributed by atoms with E-state index in [0.29, 0.717) is 22.1 Å². The Hall–Kier alpha value is -2.93. The van der Waals surface area contributed by atoms with Crippen molar-refractivity contribution in [1.82, 2.24) is 19.7 Å². The van der Waals surface area contributed by atoms with Crippen molar-refractivity contribution < 1.29 is 15.0 Å². The van der Waals surface area contributed by atoms with E-state index in [1.807, 2.05) is 0 Å². The molecule has 0 aliphatic rings. The molecule has 0 aliphatic carbocycles. The number of nitrogens with zero attached hydrogens (tertiary/aromatic N) is 4. The summed E-state index contributed by atoms with van der Waals surface area (Å²) >= 11 is 5.73. The van der Waals surface area contributed by atoms with E-state index in [1.54, 1.807) is 12.1 Å². The Kier molecular flexibility index (Phi) is 3.48. The molecule has 8 heteroatoms. The maximum Gasteiger partial charge on any atom is 0.337 e. The molecule has 3 aromatic heterocycles. The van der Waals surface area contributed by atoms with Gasteiger partial charge in [-0.3, -0.25) is 0 Å². The van der Waals surface area contributed by atoms with Crippen molar-refractivity contribution in [2.75, 3.05) is 0 Å². The maximum absolute atomic E-state index is 10.8. The molecule has 3 aromatic rings. The lowest BCUT2D eigenvalue weighted by Gasteiger charge is -2.03. The van der Waals surface area contributed by atoms with Gasteiger partial charge in [-0.1, -0.05) is 11.6 Å². The summed E-state index contributed by atoms with van der Waals surface area (Å²) in [5.41, 5.74) is 1.17. The quantitative estimate of drug-likeness (QED) is 0.719. The molecule has 3 rings (SSSR count). The minimum Gasteiger partial charge on any atom is -0.493 e. The van der Waals surface area contributed by atoms with E-state index in [9.17, 15) is 9.90 Å². The van der Waals surface area contributed by atoms with Crippen LogP contribution in [0.25, 0.3) is 16.9 Å². The summed E-state index contributed by atoms with van der Waals surface area (Å²) in [6.07, 6.45) is 4.18. The smallest absolute Gasteiger partial charge is 0.337 e. The van der Waals surface area contributed by atoms with Crippen molar-refractivity contribution in [3.05, 3.63) is 53.6 Å². The molecule has 0 saturated carbocycles. The number of halogens is 1. The van der Waals surface area contributed by atoms with Crippen LogP contribution >= 0.6 is 11.6 Å². The first-order valence-electron chi connectivity index (χ1n) is 6.15. The Morgan fingerprint density at radius 1 is 1.09 bits per heavy atom. The Balaban J connectivity index is 1.99. The molecule has 0 atom stereocenters. The molecule has 0 spiro atoms. The van der Waals surface area contributed by atoms with Crippen molar-refractivity contribution in [1.29, 1.82) is 0 Å². The van der Waals surface area contributed by atoms with E-state index >= 15 is 0 Å². The van der Waals surface area contributed by atoms with Gasteiger partial charge in [0.25, 0.3) is 0 Å². The molecule has 0 bridgehead atoms.